The molecule has 39 heavy (non-hydrogen) atoms. The zero-order valence-electron chi connectivity index (χ0n) is 21.3. The van der Waals surface area contributed by atoms with Gasteiger partial charge in [-0.05, 0) is 44.5 Å². The number of carboxylic acids is 1. The molecular weight excluding hydrogens is 523 g/mol. The second-order valence-electron chi connectivity index (χ2n) is 9.84. The fourth-order valence-electron chi connectivity index (χ4n) is 4.85. The van der Waals surface area contributed by atoms with Crippen molar-refractivity contribution in [3.05, 3.63) is 58.7 Å². The summed E-state index contributed by atoms with van der Waals surface area (Å²) in [7, 11) is 0. The lowest BCUT2D eigenvalue weighted by atomic mass is 10.0. The lowest BCUT2D eigenvalue weighted by molar-refractivity contribution is -0.140. The highest BCUT2D eigenvalue weighted by molar-refractivity contribution is 5.96. The van der Waals surface area contributed by atoms with Crippen LogP contribution in [0.2, 0.25) is 0 Å². The van der Waals surface area contributed by atoms with E-state index in [0.717, 1.165) is 11.8 Å². The van der Waals surface area contributed by atoms with E-state index in [1.807, 2.05) is 0 Å². The van der Waals surface area contributed by atoms with E-state index in [0.29, 0.717) is 22.2 Å². The molecule has 1 atom stereocenters. The third kappa shape index (κ3) is 5.04. The molecule has 1 saturated heterocycles. The smallest absolute Gasteiger partial charge is 0.434 e. The first-order valence-electron chi connectivity index (χ1n) is 12.2. The molecule has 1 fully saturated rings. The number of aryl methyl sites for hydroxylation is 2. The van der Waals surface area contributed by atoms with Gasteiger partial charge in [0.1, 0.15) is 5.65 Å². The number of nitrogens with one attached hydrogen (secondary N) is 1. The van der Waals surface area contributed by atoms with Crippen molar-refractivity contribution < 1.29 is 31.9 Å². The highest BCUT2D eigenvalue weighted by Gasteiger charge is 2.38. The number of carboxylic acid groups (broad SMARTS) is 1. The molecule has 4 aromatic rings. The molecule has 0 saturated carbocycles. The maximum Gasteiger partial charge on any atom is 0.434 e. The first kappa shape index (κ1) is 26.6. The van der Waals surface area contributed by atoms with Crippen molar-refractivity contribution in [3.63, 3.8) is 0 Å². The summed E-state index contributed by atoms with van der Waals surface area (Å²) in [5.41, 5.74) is 1.11. The summed E-state index contributed by atoms with van der Waals surface area (Å²) in [6, 6.07) is 6.17. The number of benzene rings is 1. The van der Waals surface area contributed by atoms with Crippen LogP contribution in [0.15, 0.2) is 30.5 Å². The SMILES string of the molecule is Cc1cc(C(C)Nc2ccc(C)nc2C(=O)O)c2nc(N3CCC(F)(F)CC3)n3cc(C(F)(F)F)nc3c2c1. The van der Waals surface area contributed by atoms with Gasteiger partial charge in [0.05, 0.1) is 17.2 Å². The van der Waals surface area contributed by atoms with E-state index >= 15 is 0 Å². The molecule has 0 spiro atoms. The summed E-state index contributed by atoms with van der Waals surface area (Å²) in [5, 5.41) is 13.1. The monoisotopic (exact) mass is 548 g/mol. The van der Waals surface area contributed by atoms with E-state index < -0.39 is 42.6 Å². The van der Waals surface area contributed by atoms with Crippen LogP contribution in [0, 0.1) is 13.8 Å². The normalized spacial score (nSPS) is 16.6. The highest BCUT2D eigenvalue weighted by Crippen LogP contribution is 2.37. The van der Waals surface area contributed by atoms with Crippen molar-refractivity contribution in [3.8, 4) is 0 Å². The Bertz CT molecular complexity index is 1590. The van der Waals surface area contributed by atoms with Crippen LogP contribution in [0.5, 0.6) is 0 Å². The molecule has 4 heterocycles. The third-order valence-corrected chi connectivity index (χ3v) is 6.80. The van der Waals surface area contributed by atoms with Crippen LogP contribution in [0.1, 0.15) is 58.8 Å². The summed E-state index contributed by atoms with van der Waals surface area (Å²) in [6.07, 6.45) is -4.79. The number of imidazole rings is 1. The highest BCUT2D eigenvalue weighted by atomic mass is 19.4. The number of piperidine rings is 1. The van der Waals surface area contributed by atoms with Crippen molar-refractivity contribution in [2.45, 2.75) is 51.8 Å². The van der Waals surface area contributed by atoms with Crippen molar-refractivity contribution in [2.75, 3.05) is 23.3 Å². The molecule has 2 N–H and O–H groups in total. The largest absolute Gasteiger partial charge is 0.476 e. The number of nitrogens with zero attached hydrogens (tertiary/aromatic N) is 5. The number of rotatable bonds is 5. The molecule has 0 amide bonds. The predicted molar refractivity (Wildman–Crippen MR) is 135 cm³/mol. The van der Waals surface area contributed by atoms with Crippen LogP contribution in [0.25, 0.3) is 16.6 Å². The number of fused-ring (bicyclic) bond motifs is 3. The van der Waals surface area contributed by atoms with Gasteiger partial charge in [-0.3, -0.25) is 4.40 Å². The lowest BCUT2D eigenvalue weighted by Gasteiger charge is -2.33. The molecule has 0 radical (unpaired) electrons. The van der Waals surface area contributed by atoms with E-state index in [2.05, 4.69) is 15.3 Å². The number of pyridine rings is 1. The molecular formula is C26H25F5N6O2. The van der Waals surface area contributed by atoms with E-state index in [1.54, 1.807) is 49.9 Å². The second kappa shape index (κ2) is 9.31. The third-order valence-electron chi connectivity index (χ3n) is 6.80. The molecule has 0 aliphatic carbocycles. The van der Waals surface area contributed by atoms with Gasteiger partial charge in [-0.25, -0.2) is 28.5 Å². The van der Waals surface area contributed by atoms with Gasteiger partial charge in [-0.15, -0.1) is 0 Å². The van der Waals surface area contributed by atoms with E-state index in [4.69, 9.17) is 4.98 Å². The fraction of sp³-hybridized carbons (Fsp3) is 0.385. The lowest BCUT2D eigenvalue weighted by Crippen LogP contribution is -2.40. The maximum atomic E-state index is 13.9. The summed E-state index contributed by atoms with van der Waals surface area (Å²) in [6.45, 7) is 5.02. The van der Waals surface area contributed by atoms with Crippen LogP contribution in [0.4, 0.5) is 33.6 Å². The molecule has 1 aromatic carbocycles. The number of carbonyl (C=O) groups is 1. The predicted octanol–water partition coefficient (Wildman–Crippen LogP) is 6.02. The quantitative estimate of drug-likeness (QED) is 0.295. The minimum Gasteiger partial charge on any atom is -0.476 e. The zero-order chi connectivity index (χ0) is 28.3. The molecule has 0 bridgehead atoms. The summed E-state index contributed by atoms with van der Waals surface area (Å²) >= 11 is 0. The van der Waals surface area contributed by atoms with Gasteiger partial charge >= 0.3 is 12.1 Å². The van der Waals surface area contributed by atoms with Crippen LogP contribution in [-0.4, -0.2) is 49.4 Å². The Morgan fingerprint density at radius 3 is 2.44 bits per heavy atom. The van der Waals surface area contributed by atoms with Crippen LogP contribution in [0.3, 0.4) is 0 Å². The van der Waals surface area contributed by atoms with Gasteiger partial charge in [0.25, 0.3) is 5.92 Å². The average Bonchev–Trinajstić information content (AvgIpc) is 3.31. The van der Waals surface area contributed by atoms with E-state index in [1.165, 1.54) is 4.40 Å². The standard InChI is InChI=1S/C26H25F5N6O2/c1-13-10-16(15(3)33-18-5-4-14(2)32-21(18)23(38)39)20-17(11-13)22-34-19(26(29,30)31)12-37(22)24(35-20)36-8-6-25(27,28)7-9-36/h4-5,10-12,15,33H,6-9H2,1-3H3,(H,38,39). The minimum absolute atomic E-state index is 0.0000336. The van der Waals surface area contributed by atoms with Gasteiger partial charge in [0, 0.05) is 48.8 Å². The molecule has 206 valence electrons. The Hall–Kier alpha value is -4.03. The van der Waals surface area contributed by atoms with Crippen LogP contribution < -0.4 is 10.2 Å². The summed E-state index contributed by atoms with van der Waals surface area (Å²) in [5.74, 6) is -4.00. The molecule has 1 aliphatic rings. The second-order valence-corrected chi connectivity index (χ2v) is 9.84. The van der Waals surface area contributed by atoms with Crippen molar-refractivity contribution in [2.24, 2.45) is 0 Å². The molecule has 1 unspecified atom stereocenters. The number of anilines is 2. The Balaban J connectivity index is 1.69. The van der Waals surface area contributed by atoms with Gasteiger partial charge in [-0.2, -0.15) is 13.2 Å². The van der Waals surface area contributed by atoms with E-state index in [9.17, 15) is 31.9 Å². The first-order chi connectivity index (χ1) is 18.2. The Morgan fingerprint density at radius 2 is 1.79 bits per heavy atom. The molecule has 5 rings (SSSR count). The zero-order valence-corrected chi connectivity index (χ0v) is 21.3. The fourth-order valence-corrected chi connectivity index (χ4v) is 4.85. The molecule has 3 aromatic heterocycles. The van der Waals surface area contributed by atoms with Crippen molar-refractivity contribution in [1.82, 2.24) is 19.4 Å². The van der Waals surface area contributed by atoms with Crippen LogP contribution >= 0.6 is 0 Å². The Morgan fingerprint density at radius 1 is 1.10 bits per heavy atom. The van der Waals surface area contributed by atoms with Crippen LogP contribution in [-0.2, 0) is 6.18 Å². The topological polar surface area (TPSA) is 95.6 Å². The molecule has 8 nitrogen and oxygen atoms in total. The van der Waals surface area contributed by atoms with Gasteiger partial charge in [0.15, 0.2) is 11.4 Å². The van der Waals surface area contributed by atoms with Gasteiger partial charge < -0.3 is 15.3 Å². The van der Waals surface area contributed by atoms with Gasteiger partial charge in [0.2, 0.25) is 5.95 Å². The van der Waals surface area contributed by atoms with E-state index in [-0.39, 0.29) is 36.1 Å². The summed E-state index contributed by atoms with van der Waals surface area (Å²) in [4.78, 5) is 26.0. The number of aromatic nitrogens is 4. The molecule has 13 heteroatoms. The Labute approximate surface area is 219 Å². The number of hydrogen-bond acceptors (Lipinski definition) is 6. The van der Waals surface area contributed by atoms with Crippen molar-refractivity contribution >= 4 is 34.2 Å². The number of halogens is 5. The minimum atomic E-state index is -4.72. The first-order valence-corrected chi connectivity index (χ1v) is 12.2. The van der Waals surface area contributed by atoms with Crippen molar-refractivity contribution in [1.29, 1.82) is 0 Å². The molecule has 1 aliphatic heterocycles. The Kier molecular flexibility index (Phi) is 6.34. The number of aromatic carboxylic acids is 1. The summed E-state index contributed by atoms with van der Waals surface area (Å²) < 4.78 is 70.1. The number of hydrogen-bond donors (Lipinski definition) is 2. The number of alkyl halides is 5. The average molecular weight is 549 g/mol. The maximum absolute atomic E-state index is 13.9. The van der Waals surface area contributed by atoms with Gasteiger partial charge in [-0.1, -0.05) is 6.07 Å².